The number of aliphatic hydroxyl groups is 1. The van der Waals surface area contributed by atoms with Gasteiger partial charge in [-0.15, -0.1) is 0 Å². The summed E-state index contributed by atoms with van der Waals surface area (Å²) in [6, 6.07) is 0. The van der Waals surface area contributed by atoms with E-state index in [4.69, 9.17) is 29.1 Å². The Bertz CT molecular complexity index is 207. The fraction of sp³-hybridized carbons (Fsp3) is 1.00. The molecule has 0 aliphatic carbocycles. The summed E-state index contributed by atoms with van der Waals surface area (Å²) in [5.74, 6) is 0. The van der Waals surface area contributed by atoms with Crippen LogP contribution in [0.15, 0.2) is 0 Å². The zero-order valence-corrected chi connectivity index (χ0v) is 9.64. The van der Waals surface area contributed by atoms with E-state index in [1.807, 2.05) is 0 Å². The lowest BCUT2D eigenvalue weighted by atomic mass is 10.8. The van der Waals surface area contributed by atoms with Gasteiger partial charge < -0.3 is 29.1 Å². The molecule has 0 fully saturated rings. The van der Waals surface area contributed by atoms with Crippen molar-refractivity contribution >= 4 is 7.60 Å². The molecule has 0 amide bonds. The van der Waals surface area contributed by atoms with Gasteiger partial charge in [0.05, 0.1) is 26.4 Å². The second kappa shape index (κ2) is 6.55. The molecule has 0 radical (unpaired) electrons. The summed E-state index contributed by atoms with van der Waals surface area (Å²) in [6.45, 7) is 2.44. The van der Waals surface area contributed by atoms with Crippen LogP contribution in [0.3, 0.4) is 0 Å². The first-order valence-corrected chi connectivity index (χ1v) is 6.13. The summed E-state index contributed by atoms with van der Waals surface area (Å²) in [6.07, 6.45) is 0. The third kappa shape index (κ3) is 4.16. The number of hydrogen-bond acceptors (Lipinski definition) is 5. The molecule has 0 aromatic heterocycles. The van der Waals surface area contributed by atoms with Crippen LogP contribution in [0.25, 0.3) is 0 Å². The van der Waals surface area contributed by atoms with Crippen molar-refractivity contribution in [1.82, 2.24) is 0 Å². The van der Waals surface area contributed by atoms with E-state index in [-0.39, 0.29) is 26.4 Å². The molecule has 0 unspecified atom stereocenters. The monoisotopic (exact) mass is 244 g/mol. The molecule has 0 spiro atoms. The molecule has 0 aliphatic rings. The van der Waals surface area contributed by atoms with Gasteiger partial charge in [-0.05, 0) is 13.8 Å². The Morgan fingerprint density at radius 3 is 1.87 bits per heavy atom. The first-order chi connectivity index (χ1) is 6.93. The van der Waals surface area contributed by atoms with Crippen molar-refractivity contribution < 1.29 is 33.7 Å². The Kier molecular flexibility index (Phi) is 6.54. The van der Waals surface area contributed by atoms with E-state index >= 15 is 0 Å². The van der Waals surface area contributed by atoms with Crippen LogP contribution in [-0.2, 0) is 18.8 Å². The molecular weight excluding hydrogens is 227 g/mol. The normalized spacial score (nSPS) is 13.1. The summed E-state index contributed by atoms with van der Waals surface area (Å²) in [7, 11) is -4.75. The molecule has 3 N–H and O–H groups in total. The van der Waals surface area contributed by atoms with Gasteiger partial charge in [0, 0.05) is 0 Å². The number of rotatable bonds is 8. The van der Waals surface area contributed by atoms with Crippen molar-refractivity contribution in [1.29, 1.82) is 0 Å². The van der Waals surface area contributed by atoms with Gasteiger partial charge in [-0.2, -0.15) is 0 Å². The number of aliphatic hydroxyl groups excluding tert-OH is 1. The highest BCUT2D eigenvalue weighted by atomic mass is 31.2. The van der Waals surface area contributed by atoms with Crippen molar-refractivity contribution in [2.75, 3.05) is 26.4 Å². The predicted octanol–water partition coefficient (Wildman–Crippen LogP) is -0.143. The fourth-order valence-corrected chi connectivity index (χ4v) is 1.77. The summed E-state index contributed by atoms with van der Waals surface area (Å²) in [5, 5.41) is 8.54. The molecule has 0 aromatic rings. The molecule has 0 rings (SSSR count). The third-order valence-electron chi connectivity index (χ3n) is 1.39. The van der Waals surface area contributed by atoms with E-state index in [2.05, 4.69) is 0 Å². The summed E-state index contributed by atoms with van der Waals surface area (Å²) >= 11 is 0. The van der Waals surface area contributed by atoms with E-state index in [1.54, 1.807) is 13.8 Å². The molecule has 0 saturated carbocycles. The van der Waals surface area contributed by atoms with Gasteiger partial charge in [-0.3, -0.25) is 4.57 Å². The maximum absolute atomic E-state index is 11.2. The molecule has 0 aromatic carbocycles. The van der Waals surface area contributed by atoms with Crippen LogP contribution in [0.2, 0.25) is 0 Å². The predicted molar refractivity (Wildman–Crippen MR) is 51.1 cm³/mol. The quantitative estimate of drug-likeness (QED) is 0.403. The van der Waals surface area contributed by atoms with Gasteiger partial charge in [0.25, 0.3) is 0 Å². The number of ether oxygens (including phenoxy) is 3. The van der Waals surface area contributed by atoms with Crippen LogP contribution in [0.4, 0.5) is 0 Å². The fourth-order valence-electron chi connectivity index (χ4n) is 0.917. The standard InChI is InChI=1S/C7H17O7P/c1-3-12-7(13-4-2,14-6-5-8)15(9,10)11/h8H,3-6H2,1-2H3,(H2,9,10,11). The zero-order chi connectivity index (χ0) is 11.9. The van der Waals surface area contributed by atoms with E-state index in [1.165, 1.54) is 0 Å². The number of hydrogen-bond donors (Lipinski definition) is 3. The van der Waals surface area contributed by atoms with Gasteiger partial charge in [0.15, 0.2) is 0 Å². The largest absolute Gasteiger partial charge is 0.415 e. The van der Waals surface area contributed by atoms with Crippen molar-refractivity contribution in [2.24, 2.45) is 0 Å². The Hall–Kier alpha value is -0.0100. The van der Waals surface area contributed by atoms with Crippen LogP contribution in [0.1, 0.15) is 13.8 Å². The first kappa shape index (κ1) is 15.0. The minimum atomic E-state index is -4.75. The average Bonchev–Trinajstić information content (AvgIpc) is 2.13. The molecule has 0 aliphatic heterocycles. The maximum atomic E-state index is 11.2. The minimum Gasteiger partial charge on any atom is -0.394 e. The maximum Gasteiger partial charge on any atom is 0.415 e. The van der Waals surface area contributed by atoms with Crippen LogP contribution in [-0.4, -0.2) is 47.0 Å². The molecule has 0 bridgehead atoms. The van der Waals surface area contributed by atoms with E-state index in [9.17, 15) is 4.57 Å². The van der Waals surface area contributed by atoms with Crippen LogP contribution < -0.4 is 0 Å². The topological polar surface area (TPSA) is 105 Å². The highest BCUT2D eigenvalue weighted by molar-refractivity contribution is 7.52. The molecule has 15 heavy (non-hydrogen) atoms. The van der Waals surface area contributed by atoms with Gasteiger partial charge >= 0.3 is 13.3 Å². The van der Waals surface area contributed by atoms with Crippen molar-refractivity contribution in [2.45, 2.75) is 19.6 Å². The highest BCUT2D eigenvalue weighted by Crippen LogP contribution is 2.52. The molecule has 0 heterocycles. The summed E-state index contributed by atoms with van der Waals surface area (Å²) in [4.78, 5) is 18.1. The smallest absolute Gasteiger partial charge is 0.394 e. The van der Waals surface area contributed by atoms with Gasteiger partial charge in [-0.1, -0.05) is 0 Å². The average molecular weight is 244 g/mol. The lowest BCUT2D eigenvalue weighted by Crippen LogP contribution is -2.40. The Morgan fingerprint density at radius 1 is 1.13 bits per heavy atom. The molecule has 92 valence electrons. The Morgan fingerprint density at radius 2 is 1.60 bits per heavy atom. The second-order valence-corrected chi connectivity index (χ2v) is 4.14. The van der Waals surface area contributed by atoms with Crippen molar-refractivity contribution in [3.05, 3.63) is 0 Å². The van der Waals surface area contributed by atoms with Crippen molar-refractivity contribution in [3.63, 3.8) is 0 Å². The molecule has 0 saturated heterocycles. The Balaban J connectivity index is 4.80. The summed E-state index contributed by atoms with van der Waals surface area (Å²) in [5.41, 5.74) is -2.40. The molecule has 7 nitrogen and oxygen atoms in total. The first-order valence-electron chi connectivity index (χ1n) is 4.52. The second-order valence-electron chi connectivity index (χ2n) is 2.51. The third-order valence-corrected chi connectivity index (χ3v) is 2.49. The van der Waals surface area contributed by atoms with E-state index < -0.39 is 13.3 Å². The molecule has 0 atom stereocenters. The lowest BCUT2D eigenvalue weighted by molar-refractivity contribution is -0.331. The highest BCUT2D eigenvalue weighted by Gasteiger charge is 2.51. The van der Waals surface area contributed by atoms with Crippen LogP contribution >= 0.6 is 7.60 Å². The van der Waals surface area contributed by atoms with E-state index in [0.29, 0.717) is 0 Å². The van der Waals surface area contributed by atoms with Crippen LogP contribution in [0.5, 0.6) is 0 Å². The van der Waals surface area contributed by atoms with Gasteiger partial charge in [0.1, 0.15) is 0 Å². The van der Waals surface area contributed by atoms with Crippen LogP contribution in [0, 0.1) is 0 Å². The van der Waals surface area contributed by atoms with E-state index in [0.717, 1.165) is 0 Å². The minimum absolute atomic E-state index is 0.0105. The van der Waals surface area contributed by atoms with Crippen molar-refractivity contribution in [3.8, 4) is 0 Å². The molecule has 8 heteroatoms. The zero-order valence-electron chi connectivity index (χ0n) is 8.75. The molecular formula is C7H17O7P. The summed E-state index contributed by atoms with van der Waals surface area (Å²) < 4.78 is 25.6. The van der Waals surface area contributed by atoms with Gasteiger partial charge in [-0.25, -0.2) is 0 Å². The lowest BCUT2D eigenvalue weighted by Gasteiger charge is -2.32. The Labute approximate surface area is 88.1 Å². The SMILES string of the molecule is CCOC(OCC)(OCCO)P(=O)(O)O. The van der Waals surface area contributed by atoms with Gasteiger partial charge in [0.2, 0.25) is 0 Å².